The Morgan fingerprint density at radius 3 is 2.38 bits per heavy atom. The van der Waals surface area contributed by atoms with E-state index in [0.717, 1.165) is 18.8 Å². The molecule has 0 amide bonds. The van der Waals surface area contributed by atoms with E-state index in [4.69, 9.17) is 14.2 Å². The van der Waals surface area contributed by atoms with Crippen LogP contribution in [0.4, 0.5) is 5.82 Å². The molecule has 0 aliphatic carbocycles. The smallest absolute Gasteiger partial charge is 0.203 e. The minimum atomic E-state index is 0.566. The highest BCUT2D eigenvalue weighted by Gasteiger charge is 2.10. The number of methoxy groups -OCH3 is 2. The van der Waals surface area contributed by atoms with Gasteiger partial charge in [-0.3, -0.25) is 0 Å². The van der Waals surface area contributed by atoms with Crippen molar-refractivity contribution in [2.45, 2.75) is 6.42 Å². The molecule has 0 atom stereocenters. The Balaban J connectivity index is 1.81. The number of ether oxygens (including phenoxy) is 3. The van der Waals surface area contributed by atoms with Crippen molar-refractivity contribution < 1.29 is 14.2 Å². The van der Waals surface area contributed by atoms with Gasteiger partial charge in [0.15, 0.2) is 11.5 Å². The molecule has 1 aromatic carbocycles. The van der Waals surface area contributed by atoms with E-state index in [2.05, 4.69) is 10.3 Å². The zero-order valence-corrected chi connectivity index (χ0v) is 12.3. The molecule has 5 heteroatoms. The largest absolute Gasteiger partial charge is 0.493 e. The standard InChI is InChI=1S/C16H20N2O3/c1-19-13-7-5-8-14(20-2)16(13)21-12-6-11-18-15-9-3-4-10-17-15/h3-5,7-10H,6,11-12H2,1-2H3,(H,17,18). The zero-order chi connectivity index (χ0) is 14.9. The van der Waals surface area contributed by atoms with Gasteiger partial charge in [-0.05, 0) is 30.7 Å². The minimum absolute atomic E-state index is 0.566. The van der Waals surface area contributed by atoms with Crippen LogP contribution >= 0.6 is 0 Å². The monoisotopic (exact) mass is 288 g/mol. The summed E-state index contributed by atoms with van der Waals surface area (Å²) in [7, 11) is 3.23. The zero-order valence-electron chi connectivity index (χ0n) is 12.3. The molecule has 0 saturated heterocycles. The summed E-state index contributed by atoms with van der Waals surface area (Å²) in [6, 6.07) is 11.3. The molecule has 112 valence electrons. The first kappa shape index (κ1) is 15.0. The second-order valence-electron chi connectivity index (χ2n) is 4.34. The lowest BCUT2D eigenvalue weighted by molar-refractivity contribution is 0.273. The predicted octanol–water partition coefficient (Wildman–Crippen LogP) is 2.98. The molecule has 1 N–H and O–H groups in total. The average molecular weight is 288 g/mol. The Bertz CT molecular complexity index is 524. The maximum atomic E-state index is 5.78. The van der Waals surface area contributed by atoms with E-state index in [1.54, 1.807) is 20.4 Å². The summed E-state index contributed by atoms with van der Waals surface area (Å²) < 4.78 is 16.3. The van der Waals surface area contributed by atoms with Crippen molar-refractivity contribution in [3.8, 4) is 17.2 Å². The number of aromatic nitrogens is 1. The van der Waals surface area contributed by atoms with Crippen molar-refractivity contribution >= 4 is 5.82 Å². The number of para-hydroxylation sites is 1. The number of nitrogens with one attached hydrogen (secondary N) is 1. The molecule has 2 rings (SSSR count). The quantitative estimate of drug-likeness (QED) is 0.757. The van der Waals surface area contributed by atoms with Crippen LogP contribution in [0.15, 0.2) is 42.6 Å². The molecule has 1 aromatic heterocycles. The summed E-state index contributed by atoms with van der Waals surface area (Å²) >= 11 is 0. The Hall–Kier alpha value is -2.43. The highest BCUT2D eigenvalue weighted by Crippen LogP contribution is 2.36. The number of anilines is 1. The summed E-state index contributed by atoms with van der Waals surface area (Å²) in [5, 5.41) is 3.23. The lowest BCUT2D eigenvalue weighted by Crippen LogP contribution is -2.09. The number of nitrogens with zero attached hydrogens (tertiary/aromatic N) is 1. The summed E-state index contributed by atoms with van der Waals surface area (Å²) in [5.74, 6) is 2.85. The molecule has 0 fully saturated rings. The van der Waals surface area contributed by atoms with Gasteiger partial charge in [0.2, 0.25) is 5.75 Å². The fraction of sp³-hybridized carbons (Fsp3) is 0.312. The van der Waals surface area contributed by atoms with Gasteiger partial charge in [0.05, 0.1) is 20.8 Å². The number of benzene rings is 1. The lowest BCUT2D eigenvalue weighted by atomic mass is 10.3. The number of hydrogen-bond acceptors (Lipinski definition) is 5. The van der Waals surface area contributed by atoms with Crippen LogP contribution < -0.4 is 19.5 Å². The van der Waals surface area contributed by atoms with Gasteiger partial charge < -0.3 is 19.5 Å². The van der Waals surface area contributed by atoms with Gasteiger partial charge in [0.25, 0.3) is 0 Å². The Morgan fingerprint density at radius 1 is 1.00 bits per heavy atom. The summed E-state index contributed by atoms with van der Waals surface area (Å²) in [5.41, 5.74) is 0. The van der Waals surface area contributed by atoms with Crippen LogP contribution in [0.25, 0.3) is 0 Å². The van der Waals surface area contributed by atoms with E-state index in [9.17, 15) is 0 Å². The third kappa shape index (κ3) is 4.27. The second kappa shape index (κ2) is 7.99. The Morgan fingerprint density at radius 2 is 1.76 bits per heavy atom. The fourth-order valence-electron chi connectivity index (χ4n) is 1.89. The average Bonchev–Trinajstić information content (AvgIpc) is 2.55. The van der Waals surface area contributed by atoms with E-state index in [1.165, 1.54) is 0 Å². The van der Waals surface area contributed by atoms with E-state index >= 15 is 0 Å². The van der Waals surface area contributed by atoms with Crippen molar-refractivity contribution in [2.75, 3.05) is 32.7 Å². The lowest BCUT2D eigenvalue weighted by Gasteiger charge is -2.14. The molecule has 0 unspecified atom stereocenters. The highest BCUT2D eigenvalue weighted by molar-refractivity contribution is 5.51. The third-order valence-electron chi connectivity index (χ3n) is 2.92. The first-order valence-corrected chi connectivity index (χ1v) is 6.84. The normalized spacial score (nSPS) is 10.0. The fourth-order valence-corrected chi connectivity index (χ4v) is 1.89. The highest BCUT2D eigenvalue weighted by atomic mass is 16.5. The summed E-state index contributed by atoms with van der Waals surface area (Å²) in [4.78, 5) is 4.20. The number of rotatable bonds is 8. The maximum Gasteiger partial charge on any atom is 0.203 e. The van der Waals surface area contributed by atoms with Crippen LogP contribution in [0.2, 0.25) is 0 Å². The van der Waals surface area contributed by atoms with Crippen molar-refractivity contribution in [3.05, 3.63) is 42.6 Å². The molecular weight excluding hydrogens is 268 g/mol. The summed E-state index contributed by atoms with van der Waals surface area (Å²) in [6.07, 6.45) is 2.61. The third-order valence-corrected chi connectivity index (χ3v) is 2.92. The SMILES string of the molecule is COc1cccc(OC)c1OCCCNc1ccccn1. The maximum absolute atomic E-state index is 5.78. The van der Waals surface area contributed by atoms with E-state index in [1.807, 2.05) is 36.4 Å². The molecule has 0 bridgehead atoms. The molecule has 0 spiro atoms. The number of pyridine rings is 1. The first-order chi connectivity index (χ1) is 10.3. The Labute approximate surface area is 124 Å². The molecule has 5 nitrogen and oxygen atoms in total. The molecule has 1 heterocycles. The number of hydrogen-bond donors (Lipinski definition) is 1. The molecular formula is C16H20N2O3. The van der Waals surface area contributed by atoms with Crippen LogP contribution in [-0.4, -0.2) is 32.4 Å². The van der Waals surface area contributed by atoms with Gasteiger partial charge >= 0.3 is 0 Å². The predicted molar refractivity (Wildman–Crippen MR) is 82.4 cm³/mol. The van der Waals surface area contributed by atoms with E-state index in [0.29, 0.717) is 23.9 Å². The molecule has 2 aromatic rings. The molecule has 21 heavy (non-hydrogen) atoms. The van der Waals surface area contributed by atoms with Gasteiger partial charge in [-0.25, -0.2) is 4.98 Å². The first-order valence-electron chi connectivity index (χ1n) is 6.84. The molecule has 0 aliphatic rings. The van der Waals surface area contributed by atoms with Gasteiger partial charge in [0.1, 0.15) is 5.82 Å². The topological polar surface area (TPSA) is 52.6 Å². The van der Waals surface area contributed by atoms with Crippen LogP contribution in [0.5, 0.6) is 17.2 Å². The van der Waals surface area contributed by atoms with Crippen LogP contribution in [0.3, 0.4) is 0 Å². The van der Waals surface area contributed by atoms with Crippen molar-refractivity contribution in [1.82, 2.24) is 4.98 Å². The second-order valence-corrected chi connectivity index (χ2v) is 4.34. The van der Waals surface area contributed by atoms with Gasteiger partial charge in [0, 0.05) is 12.7 Å². The van der Waals surface area contributed by atoms with Crippen molar-refractivity contribution in [3.63, 3.8) is 0 Å². The van der Waals surface area contributed by atoms with E-state index < -0.39 is 0 Å². The van der Waals surface area contributed by atoms with Crippen LogP contribution in [-0.2, 0) is 0 Å². The molecule has 0 radical (unpaired) electrons. The van der Waals surface area contributed by atoms with Crippen LogP contribution in [0.1, 0.15) is 6.42 Å². The van der Waals surface area contributed by atoms with Gasteiger partial charge in [-0.1, -0.05) is 12.1 Å². The van der Waals surface area contributed by atoms with E-state index in [-0.39, 0.29) is 0 Å². The molecule has 0 aliphatic heterocycles. The Kier molecular flexibility index (Phi) is 5.70. The minimum Gasteiger partial charge on any atom is -0.493 e. The van der Waals surface area contributed by atoms with Crippen molar-refractivity contribution in [2.24, 2.45) is 0 Å². The van der Waals surface area contributed by atoms with Crippen molar-refractivity contribution in [1.29, 1.82) is 0 Å². The molecule has 0 saturated carbocycles. The summed E-state index contributed by atoms with van der Waals surface area (Å²) in [6.45, 7) is 1.35. The van der Waals surface area contributed by atoms with Crippen LogP contribution in [0, 0.1) is 0 Å². The van der Waals surface area contributed by atoms with Gasteiger partial charge in [-0.2, -0.15) is 0 Å². The van der Waals surface area contributed by atoms with Gasteiger partial charge in [-0.15, -0.1) is 0 Å².